The van der Waals surface area contributed by atoms with E-state index in [0.717, 1.165) is 12.0 Å². The number of amides is 4. The Balaban J connectivity index is 2.26. The second kappa shape index (κ2) is 20.5. The Labute approximate surface area is 310 Å². The summed E-state index contributed by atoms with van der Waals surface area (Å²) in [7, 11) is 6.02. The van der Waals surface area contributed by atoms with Crippen LogP contribution in [-0.4, -0.2) is 116 Å². The molecule has 1 aromatic rings. The van der Waals surface area contributed by atoms with E-state index in [1.807, 2.05) is 58.0 Å². The van der Waals surface area contributed by atoms with Crippen LogP contribution in [0.25, 0.3) is 0 Å². The molecule has 1 aromatic carbocycles. The molecule has 1 aliphatic rings. The first-order valence-corrected chi connectivity index (χ1v) is 18.4. The summed E-state index contributed by atoms with van der Waals surface area (Å²) in [5.74, 6) is -2.42. The SMILES string of the molecule is CCC(C)C(C(CC(=O)N1CCCC1C(OC)C(C)C(=O)NC(Cc1ccccc1)C(=O)OC)OC)N(C)C(=O)C(NC(=O)OC(C)(C)C)C(C)C. The first-order chi connectivity index (χ1) is 24.4. The standard InChI is InChI=1S/C39H64N4O9/c1-13-25(4)33(42(9)36(46)32(24(2)3)41-38(48)52-39(6,7)8)30(49-10)23-31(44)43-21-17-20-29(43)34(50-11)26(5)35(45)40-28(37(47)51-12)22-27-18-15-14-16-19-27/h14-16,18-19,24-26,28-30,32-34H,13,17,20-23H2,1-12H3,(H,40,45)(H,41,48). The molecule has 52 heavy (non-hydrogen) atoms. The van der Waals surface area contributed by atoms with Crippen LogP contribution in [0.2, 0.25) is 0 Å². The number of nitrogens with zero attached hydrogens (tertiary/aromatic N) is 2. The largest absolute Gasteiger partial charge is 0.467 e. The van der Waals surface area contributed by atoms with Crippen molar-refractivity contribution >= 4 is 29.8 Å². The van der Waals surface area contributed by atoms with Gasteiger partial charge in [-0.1, -0.05) is 71.4 Å². The van der Waals surface area contributed by atoms with Gasteiger partial charge in [0.15, 0.2) is 0 Å². The van der Waals surface area contributed by atoms with Gasteiger partial charge in [-0.3, -0.25) is 14.4 Å². The maximum absolute atomic E-state index is 14.1. The molecule has 8 atom stereocenters. The van der Waals surface area contributed by atoms with E-state index >= 15 is 0 Å². The first kappa shape index (κ1) is 44.5. The van der Waals surface area contributed by atoms with Crippen LogP contribution in [0.4, 0.5) is 4.79 Å². The highest BCUT2D eigenvalue weighted by molar-refractivity contribution is 5.87. The van der Waals surface area contributed by atoms with Gasteiger partial charge in [0.1, 0.15) is 17.7 Å². The number of carbonyl (C=O) groups excluding carboxylic acids is 5. The van der Waals surface area contributed by atoms with Crippen molar-refractivity contribution in [3.63, 3.8) is 0 Å². The van der Waals surface area contributed by atoms with Gasteiger partial charge < -0.3 is 39.4 Å². The number of nitrogens with one attached hydrogen (secondary N) is 2. The van der Waals surface area contributed by atoms with Gasteiger partial charge in [-0.25, -0.2) is 9.59 Å². The van der Waals surface area contributed by atoms with E-state index in [-0.39, 0.29) is 42.4 Å². The lowest BCUT2D eigenvalue weighted by Gasteiger charge is -2.40. The smallest absolute Gasteiger partial charge is 0.408 e. The maximum atomic E-state index is 14.1. The molecule has 1 fully saturated rings. The predicted octanol–water partition coefficient (Wildman–Crippen LogP) is 4.36. The molecule has 1 aliphatic heterocycles. The number of ether oxygens (including phenoxy) is 4. The van der Waals surface area contributed by atoms with Gasteiger partial charge in [0, 0.05) is 34.2 Å². The lowest BCUT2D eigenvalue weighted by molar-refractivity contribution is -0.148. The molecule has 1 heterocycles. The summed E-state index contributed by atoms with van der Waals surface area (Å²) >= 11 is 0. The van der Waals surface area contributed by atoms with Crippen molar-refractivity contribution in [3.05, 3.63) is 35.9 Å². The van der Waals surface area contributed by atoms with Crippen molar-refractivity contribution in [1.82, 2.24) is 20.4 Å². The predicted molar refractivity (Wildman–Crippen MR) is 198 cm³/mol. The third kappa shape index (κ3) is 12.5. The van der Waals surface area contributed by atoms with E-state index in [1.165, 1.54) is 21.3 Å². The molecule has 0 saturated carbocycles. The van der Waals surface area contributed by atoms with Crippen molar-refractivity contribution in [2.24, 2.45) is 17.8 Å². The monoisotopic (exact) mass is 732 g/mol. The van der Waals surface area contributed by atoms with Crippen LogP contribution in [0.1, 0.15) is 86.6 Å². The van der Waals surface area contributed by atoms with E-state index in [2.05, 4.69) is 10.6 Å². The zero-order valence-electron chi connectivity index (χ0n) is 33.4. The molecule has 13 heteroatoms. The van der Waals surface area contributed by atoms with Gasteiger partial charge in [0.25, 0.3) is 0 Å². The van der Waals surface area contributed by atoms with Crippen LogP contribution in [0.5, 0.6) is 0 Å². The minimum atomic E-state index is -0.893. The molecular weight excluding hydrogens is 668 g/mol. The van der Waals surface area contributed by atoms with E-state index in [0.29, 0.717) is 19.4 Å². The molecule has 2 rings (SSSR count). The minimum absolute atomic E-state index is 0.00995. The highest BCUT2D eigenvalue weighted by Crippen LogP contribution is 2.30. The van der Waals surface area contributed by atoms with Crippen LogP contribution in [-0.2, 0) is 44.5 Å². The summed E-state index contributed by atoms with van der Waals surface area (Å²) in [5.41, 5.74) is 0.142. The van der Waals surface area contributed by atoms with Crippen LogP contribution >= 0.6 is 0 Å². The summed E-state index contributed by atoms with van der Waals surface area (Å²) in [6, 6.07) is 6.72. The van der Waals surface area contributed by atoms with Crippen molar-refractivity contribution in [2.75, 3.05) is 34.9 Å². The fourth-order valence-electron chi connectivity index (χ4n) is 6.96. The van der Waals surface area contributed by atoms with E-state index < -0.39 is 60.0 Å². The zero-order valence-corrected chi connectivity index (χ0v) is 33.4. The Morgan fingerprint density at radius 2 is 1.60 bits per heavy atom. The van der Waals surface area contributed by atoms with Crippen molar-refractivity contribution in [3.8, 4) is 0 Å². The number of likely N-dealkylation sites (tertiary alicyclic amines) is 1. The average Bonchev–Trinajstić information content (AvgIpc) is 3.58. The summed E-state index contributed by atoms with van der Waals surface area (Å²) in [6.07, 6.45) is 0.326. The van der Waals surface area contributed by atoms with Gasteiger partial charge in [0.05, 0.1) is 43.7 Å². The zero-order chi connectivity index (χ0) is 39.3. The topological polar surface area (TPSA) is 153 Å². The van der Waals surface area contributed by atoms with Gasteiger partial charge in [0.2, 0.25) is 17.7 Å². The fourth-order valence-corrected chi connectivity index (χ4v) is 6.96. The quantitative estimate of drug-likeness (QED) is 0.210. The average molecular weight is 733 g/mol. The Hall–Kier alpha value is -3.71. The first-order valence-electron chi connectivity index (χ1n) is 18.4. The molecule has 294 valence electrons. The number of rotatable bonds is 18. The lowest BCUT2D eigenvalue weighted by atomic mass is 9.89. The van der Waals surface area contributed by atoms with Gasteiger partial charge in [-0.05, 0) is 51.0 Å². The Bertz CT molecular complexity index is 1320. The molecule has 0 radical (unpaired) electrons. The number of alkyl carbamates (subject to hydrolysis) is 1. The molecule has 0 aliphatic carbocycles. The minimum Gasteiger partial charge on any atom is -0.467 e. The number of esters is 1. The Kier molecular flexibility index (Phi) is 17.5. The summed E-state index contributed by atoms with van der Waals surface area (Å²) in [4.78, 5) is 70.4. The lowest BCUT2D eigenvalue weighted by Crippen LogP contribution is -2.58. The Morgan fingerprint density at radius 1 is 0.962 bits per heavy atom. The third-order valence-electron chi connectivity index (χ3n) is 9.95. The van der Waals surface area contributed by atoms with E-state index in [4.69, 9.17) is 18.9 Å². The van der Waals surface area contributed by atoms with Gasteiger partial charge >= 0.3 is 12.1 Å². The second-order valence-corrected chi connectivity index (χ2v) is 15.2. The molecule has 1 saturated heterocycles. The Morgan fingerprint density at radius 3 is 2.12 bits per heavy atom. The normalized spacial score (nSPS) is 18.7. The van der Waals surface area contributed by atoms with Gasteiger partial charge in [-0.15, -0.1) is 0 Å². The van der Waals surface area contributed by atoms with E-state index in [1.54, 1.807) is 44.5 Å². The maximum Gasteiger partial charge on any atom is 0.408 e. The summed E-state index contributed by atoms with van der Waals surface area (Å²) in [5, 5.41) is 5.59. The second-order valence-electron chi connectivity index (χ2n) is 15.2. The molecule has 0 spiro atoms. The van der Waals surface area contributed by atoms with Gasteiger partial charge in [-0.2, -0.15) is 0 Å². The molecule has 0 aromatic heterocycles. The fraction of sp³-hybridized carbons (Fsp3) is 0.718. The van der Waals surface area contributed by atoms with Crippen molar-refractivity contribution in [1.29, 1.82) is 0 Å². The molecule has 2 N–H and O–H groups in total. The number of benzene rings is 1. The number of carbonyl (C=O) groups is 5. The van der Waals surface area contributed by atoms with Crippen molar-refractivity contribution in [2.45, 2.75) is 129 Å². The molecule has 13 nitrogen and oxygen atoms in total. The van der Waals surface area contributed by atoms with E-state index in [9.17, 15) is 24.0 Å². The highest BCUT2D eigenvalue weighted by atomic mass is 16.6. The number of methoxy groups -OCH3 is 3. The highest BCUT2D eigenvalue weighted by Gasteiger charge is 2.43. The van der Waals surface area contributed by atoms with Crippen LogP contribution < -0.4 is 10.6 Å². The summed E-state index contributed by atoms with van der Waals surface area (Å²) in [6.45, 7) is 15.2. The van der Waals surface area contributed by atoms with Crippen LogP contribution in [0, 0.1) is 17.8 Å². The number of hydrogen-bond acceptors (Lipinski definition) is 9. The van der Waals surface area contributed by atoms with Crippen LogP contribution in [0.3, 0.4) is 0 Å². The summed E-state index contributed by atoms with van der Waals surface area (Å²) < 4.78 is 22.3. The molecule has 8 unspecified atom stereocenters. The molecule has 4 amide bonds. The number of hydrogen-bond donors (Lipinski definition) is 2. The van der Waals surface area contributed by atoms with Crippen LogP contribution in [0.15, 0.2) is 30.3 Å². The van der Waals surface area contributed by atoms with Crippen molar-refractivity contribution < 1.29 is 42.9 Å². The molecular formula is C39H64N4O9. The molecule has 0 bridgehead atoms. The number of likely N-dealkylation sites (N-methyl/N-ethyl adjacent to an activating group) is 1. The third-order valence-corrected chi connectivity index (χ3v) is 9.95.